The van der Waals surface area contributed by atoms with Gasteiger partial charge in [0, 0.05) is 7.05 Å². The number of nitro groups is 1. The molecule has 0 aliphatic carbocycles. The summed E-state index contributed by atoms with van der Waals surface area (Å²) in [6.45, 7) is 0. The third-order valence-corrected chi connectivity index (χ3v) is 3.35. The standard InChI is InChI=1S/C16H17N3O6/c1-18-9-11(19(21)22)15(17-18)12(20)6-5-10-7-13(23-2)16(25-4)14(8-10)24-3/h5-9H,1-4H3/b6-5+. The molecule has 2 rings (SSSR count). The first kappa shape index (κ1) is 18.0. The van der Waals surface area contributed by atoms with Crippen LogP contribution < -0.4 is 14.2 Å². The number of methoxy groups -OCH3 is 3. The fourth-order valence-corrected chi connectivity index (χ4v) is 2.23. The van der Waals surface area contributed by atoms with Crippen LogP contribution in [0.2, 0.25) is 0 Å². The lowest BCUT2D eigenvalue weighted by Gasteiger charge is -2.12. The van der Waals surface area contributed by atoms with Crippen molar-refractivity contribution in [1.29, 1.82) is 0 Å². The summed E-state index contributed by atoms with van der Waals surface area (Å²) < 4.78 is 16.9. The number of benzene rings is 1. The molecule has 0 spiro atoms. The molecule has 0 saturated heterocycles. The molecule has 132 valence electrons. The van der Waals surface area contributed by atoms with E-state index in [4.69, 9.17) is 14.2 Å². The molecule has 0 unspecified atom stereocenters. The van der Waals surface area contributed by atoms with Crippen LogP contribution in [0, 0.1) is 10.1 Å². The van der Waals surface area contributed by atoms with Crippen LogP contribution in [0.1, 0.15) is 16.1 Å². The summed E-state index contributed by atoms with van der Waals surface area (Å²) in [6, 6.07) is 3.30. The molecule has 0 bridgehead atoms. The minimum Gasteiger partial charge on any atom is -0.493 e. The predicted molar refractivity (Wildman–Crippen MR) is 89.3 cm³/mol. The van der Waals surface area contributed by atoms with Crippen LogP contribution in [-0.4, -0.2) is 41.8 Å². The van der Waals surface area contributed by atoms with E-state index in [1.807, 2.05) is 0 Å². The smallest absolute Gasteiger partial charge is 0.318 e. The molecule has 0 aliphatic rings. The van der Waals surface area contributed by atoms with Gasteiger partial charge in [-0.05, 0) is 23.8 Å². The van der Waals surface area contributed by atoms with Gasteiger partial charge in [-0.25, -0.2) is 0 Å². The highest BCUT2D eigenvalue weighted by Crippen LogP contribution is 2.38. The van der Waals surface area contributed by atoms with Crippen molar-refractivity contribution in [2.75, 3.05) is 21.3 Å². The molecule has 9 nitrogen and oxygen atoms in total. The van der Waals surface area contributed by atoms with Crippen molar-refractivity contribution < 1.29 is 23.9 Å². The van der Waals surface area contributed by atoms with Gasteiger partial charge in [-0.15, -0.1) is 0 Å². The molecule has 0 fully saturated rings. The highest BCUT2D eigenvalue weighted by Gasteiger charge is 2.23. The van der Waals surface area contributed by atoms with Gasteiger partial charge in [-0.1, -0.05) is 6.08 Å². The maximum absolute atomic E-state index is 12.2. The summed E-state index contributed by atoms with van der Waals surface area (Å²) in [5.74, 6) is 0.699. The average Bonchev–Trinajstić information content (AvgIpc) is 3.00. The number of hydrogen-bond acceptors (Lipinski definition) is 7. The molecule has 25 heavy (non-hydrogen) atoms. The van der Waals surface area contributed by atoms with Crippen LogP contribution in [-0.2, 0) is 7.05 Å². The molecular formula is C16H17N3O6. The molecule has 2 aromatic rings. The first-order chi connectivity index (χ1) is 11.9. The molecule has 0 saturated carbocycles. The van der Waals surface area contributed by atoms with Gasteiger partial charge in [-0.3, -0.25) is 19.6 Å². The van der Waals surface area contributed by atoms with Crippen LogP contribution in [0.25, 0.3) is 6.08 Å². The summed E-state index contributed by atoms with van der Waals surface area (Å²) in [6.07, 6.45) is 3.88. The van der Waals surface area contributed by atoms with Gasteiger partial charge in [0.1, 0.15) is 6.20 Å². The number of aryl methyl sites for hydroxylation is 1. The zero-order chi connectivity index (χ0) is 18.6. The molecule has 1 aromatic carbocycles. The Morgan fingerprint density at radius 2 is 1.80 bits per heavy atom. The van der Waals surface area contributed by atoms with Gasteiger partial charge in [0.25, 0.3) is 0 Å². The van der Waals surface area contributed by atoms with Crippen molar-refractivity contribution in [2.24, 2.45) is 7.05 Å². The van der Waals surface area contributed by atoms with Gasteiger partial charge in [0.2, 0.25) is 17.2 Å². The fourth-order valence-electron chi connectivity index (χ4n) is 2.23. The Morgan fingerprint density at radius 3 is 2.28 bits per heavy atom. The maximum atomic E-state index is 12.2. The van der Waals surface area contributed by atoms with Crippen molar-refractivity contribution in [1.82, 2.24) is 9.78 Å². The van der Waals surface area contributed by atoms with Crippen LogP contribution in [0.4, 0.5) is 5.69 Å². The monoisotopic (exact) mass is 347 g/mol. The molecule has 0 aliphatic heterocycles. The SMILES string of the molecule is COc1cc(/C=C/C(=O)c2nn(C)cc2[N+](=O)[O-])cc(OC)c1OC. The van der Waals surface area contributed by atoms with Crippen LogP contribution in [0.5, 0.6) is 17.2 Å². The van der Waals surface area contributed by atoms with Crippen molar-refractivity contribution >= 4 is 17.5 Å². The van der Waals surface area contributed by atoms with Crippen molar-refractivity contribution in [3.63, 3.8) is 0 Å². The number of aromatic nitrogens is 2. The molecule has 1 heterocycles. The first-order valence-corrected chi connectivity index (χ1v) is 7.11. The Hall–Kier alpha value is -3.36. The second kappa shape index (κ2) is 7.47. The molecule has 0 amide bonds. The topological polar surface area (TPSA) is 106 Å². The number of ether oxygens (including phenoxy) is 3. The minimum atomic E-state index is -0.645. The van der Waals surface area contributed by atoms with E-state index in [-0.39, 0.29) is 11.4 Å². The van der Waals surface area contributed by atoms with E-state index in [2.05, 4.69) is 5.10 Å². The van der Waals surface area contributed by atoms with Crippen molar-refractivity contribution in [3.05, 3.63) is 45.8 Å². The molecular weight excluding hydrogens is 330 g/mol. The van der Waals surface area contributed by atoms with Gasteiger partial charge in [-0.2, -0.15) is 5.10 Å². The summed E-state index contributed by atoms with van der Waals surface area (Å²) >= 11 is 0. The van der Waals surface area contributed by atoms with Gasteiger partial charge in [0.15, 0.2) is 11.5 Å². The molecule has 1 aromatic heterocycles. The van der Waals surface area contributed by atoms with Crippen molar-refractivity contribution in [3.8, 4) is 17.2 Å². The number of carbonyl (C=O) groups is 1. The zero-order valence-corrected chi connectivity index (χ0v) is 14.2. The Morgan fingerprint density at radius 1 is 1.20 bits per heavy atom. The number of hydrogen-bond donors (Lipinski definition) is 0. The second-order valence-electron chi connectivity index (χ2n) is 4.95. The van der Waals surface area contributed by atoms with Gasteiger partial charge < -0.3 is 14.2 Å². The number of allylic oxidation sites excluding steroid dienone is 1. The quantitative estimate of drug-likeness (QED) is 0.327. The molecule has 0 atom stereocenters. The molecule has 0 N–H and O–H groups in total. The highest BCUT2D eigenvalue weighted by atomic mass is 16.6. The lowest BCUT2D eigenvalue weighted by molar-refractivity contribution is -0.385. The maximum Gasteiger partial charge on any atom is 0.318 e. The Balaban J connectivity index is 2.36. The van der Waals surface area contributed by atoms with Crippen LogP contribution in [0.15, 0.2) is 24.4 Å². The normalized spacial score (nSPS) is 10.7. The molecule has 9 heteroatoms. The largest absolute Gasteiger partial charge is 0.493 e. The Labute approximate surface area is 143 Å². The summed E-state index contributed by atoms with van der Waals surface area (Å²) in [5, 5.41) is 14.8. The summed E-state index contributed by atoms with van der Waals surface area (Å²) in [4.78, 5) is 22.6. The average molecular weight is 347 g/mol. The predicted octanol–water partition coefficient (Wildman–Crippen LogP) is 2.25. The second-order valence-corrected chi connectivity index (χ2v) is 4.95. The molecule has 0 radical (unpaired) electrons. The van der Waals surface area contributed by atoms with Gasteiger partial charge >= 0.3 is 5.69 Å². The Kier molecular flexibility index (Phi) is 5.38. The number of ketones is 1. The first-order valence-electron chi connectivity index (χ1n) is 7.11. The van der Waals surface area contributed by atoms with Crippen LogP contribution in [0.3, 0.4) is 0 Å². The summed E-state index contributed by atoms with van der Waals surface area (Å²) in [7, 11) is 5.95. The number of nitrogens with zero attached hydrogens (tertiary/aromatic N) is 3. The van der Waals surface area contributed by atoms with Crippen molar-refractivity contribution in [2.45, 2.75) is 0 Å². The van der Waals surface area contributed by atoms with Crippen LogP contribution >= 0.6 is 0 Å². The zero-order valence-electron chi connectivity index (χ0n) is 14.2. The van der Waals surface area contributed by atoms with E-state index in [1.54, 1.807) is 12.1 Å². The minimum absolute atomic E-state index is 0.226. The third-order valence-electron chi connectivity index (χ3n) is 3.35. The lowest BCUT2D eigenvalue weighted by Crippen LogP contribution is -2.01. The van der Waals surface area contributed by atoms with E-state index in [1.165, 1.54) is 51.4 Å². The number of carbonyl (C=O) groups excluding carboxylic acids is 1. The van der Waals surface area contributed by atoms with E-state index in [0.29, 0.717) is 22.8 Å². The van der Waals surface area contributed by atoms with E-state index >= 15 is 0 Å². The van der Waals surface area contributed by atoms with E-state index in [9.17, 15) is 14.9 Å². The van der Waals surface area contributed by atoms with E-state index in [0.717, 1.165) is 0 Å². The fraction of sp³-hybridized carbons (Fsp3) is 0.250. The van der Waals surface area contributed by atoms with Gasteiger partial charge in [0.05, 0.1) is 26.3 Å². The van der Waals surface area contributed by atoms with E-state index < -0.39 is 10.7 Å². The lowest BCUT2D eigenvalue weighted by atomic mass is 10.1. The Bertz CT molecular complexity index is 815. The third kappa shape index (κ3) is 3.77. The number of rotatable bonds is 7. The summed E-state index contributed by atoms with van der Waals surface area (Å²) in [5.41, 5.74) is 0.0275. The highest BCUT2D eigenvalue weighted by molar-refractivity contribution is 6.08.